The number of benzene rings is 1. The van der Waals surface area contributed by atoms with Gasteiger partial charge < -0.3 is 21.5 Å². The SMILES string of the molecule is NC(=O)NCCNC(=O)c1ccccc1C#CCCO. The molecule has 20 heavy (non-hydrogen) atoms. The molecule has 0 aromatic heterocycles. The molecule has 0 aliphatic rings. The Morgan fingerprint density at radius 1 is 1.20 bits per heavy atom. The fraction of sp³-hybridized carbons (Fsp3) is 0.286. The van der Waals surface area contributed by atoms with Crippen molar-refractivity contribution in [2.24, 2.45) is 5.73 Å². The molecule has 0 radical (unpaired) electrons. The highest BCUT2D eigenvalue weighted by atomic mass is 16.2. The number of aliphatic hydroxyl groups is 1. The van der Waals surface area contributed by atoms with E-state index in [4.69, 9.17) is 10.8 Å². The van der Waals surface area contributed by atoms with Crippen LogP contribution in [0.15, 0.2) is 24.3 Å². The lowest BCUT2D eigenvalue weighted by Crippen LogP contribution is -2.37. The standard InChI is InChI=1S/C14H17N3O3/c15-14(20)17-9-8-16-13(19)12-7-2-1-5-11(12)6-3-4-10-18/h1-2,5,7,18H,4,8-10H2,(H,16,19)(H3,15,17,20). The monoisotopic (exact) mass is 275 g/mol. The first kappa shape index (κ1) is 15.5. The predicted molar refractivity (Wildman–Crippen MR) is 74.9 cm³/mol. The van der Waals surface area contributed by atoms with Crippen LogP contribution in [0, 0.1) is 11.8 Å². The van der Waals surface area contributed by atoms with Crippen molar-refractivity contribution in [2.75, 3.05) is 19.7 Å². The molecule has 0 fully saturated rings. The van der Waals surface area contributed by atoms with Gasteiger partial charge in [-0.05, 0) is 12.1 Å². The lowest BCUT2D eigenvalue weighted by atomic mass is 10.1. The zero-order chi connectivity index (χ0) is 14.8. The molecule has 1 aromatic rings. The summed E-state index contributed by atoms with van der Waals surface area (Å²) in [6.07, 6.45) is 0.360. The summed E-state index contributed by atoms with van der Waals surface area (Å²) < 4.78 is 0. The summed E-state index contributed by atoms with van der Waals surface area (Å²) in [4.78, 5) is 22.4. The molecule has 106 valence electrons. The summed E-state index contributed by atoms with van der Waals surface area (Å²) in [6.45, 7) is 0.528. The first-order valence-electron chi connectivity index (χ1n) is 6.15. The van der Waals surface area contributed by atoms with Crippen molar-refractivity contribution in [2.45, 2.75) is 6.42 Å². The van der Waals surface area contributed by atoms with Gasteiger partial charge in [0.1, 0.15) is 0 Å². The Balaban J connectivity index is 2.64. The molecular formula is C14H17N3O3. The third-order valence-corrected chi connectivity index (χ3v) is 2.34. The van der Waals surface area contributed by atoms with Crippen LogP contribution in [-0.2, 0) is 0 Å². The second kappa shape index (κ2) is 8.56. The van der Waals surface area contributed by atoms with Gasteiger partial charge in [0, 0.05) is 25.1 Å². The number of nitrogens with two attached hydrogens (primary N) is 1. The molecular weight excluding hydrogens is 258 g/mol. The zero-order valence-corrected chi connectivity index (χ0v) is 11.0. The number of nitrogens with one attached hydrogen (secondary N) is 2. The number of primary amides is 1. The number of carbonyl (C=O) groups excluding carboxylic acids is 2. The van der Waals surface area contributed by atoms with Crippen LogP contribution in [0.3, 0.4) is 0 Å². The van der Waals surface area contributed by atoms with Crippen molar-refractivity contribution < 1.29 is 14.7 Å². The molecule has 6 nitrogen and oxygen atoms in total. The average molecular weight is 275 g/mol. The topological polar surface area (TPSA) is 104 Å². The second-order valence-corrected chi connectivity index (χ2v) is 3.87. The highest BCUT2D eigenvalue weighted by Crippen LogP contribution is 2.07. The molecule has 0 unspecified atom stereocenters. The van der Waals surface area contributed by atoms with Crippen LogP contribution in [0.2, 0.25) is 0 Å². The van der Waals surface area contributed by atoms with E-state index in [-0.39, 0.29) is 25.6 Å². The number of hydrogen-bond donors (Lipinski definition) is 4. The summed E-state index contributed by atoms with van der Waals surface area (Å²) >= 11 is 0. The summed E-state index contributed by atoms with van der Waals surface area (Å²) in [5, 5.41) is 13.7. The number of urea groups is 1. The minimum atomic E-state index is -0.630. The van der Waals surface area contributed by atoms with Gasteiger partial charge in [-0.3, -0.25) is 4.79 Å². The van der Waals surface area contributed by atoms with Crippen LogP contribution in [0.25, 0.3) is 0 Å². The molecule has 0 spiro atoms. The molecule has 0 saturated heterocycles. The third-order valence-electron chi connectivity index (χ3n) is 2.34. The Labute approximate surface area is 117 Å². The third kappa shape index (κ3) is 5.42. The molecule has 0 aliphatic carbocycles. The lowest BCUT2D eigenvalue weighted by Gasteiger charge is -2.07. The van der Waals surface area contributed by atoms with Gasteiger partial charge in [-0.1, -0.05) is 24.0 Å². The van der Waals surface area contributed by atoms with Crippen molar-refractivity contribution >= 4 is 11.9 Å². The van der Waals surface area contributed by atoms with E-state index < -0.39 is 6.03 Å². The van der Waals surface area contributed by atoms with Gasteiger partial charge in [0.15, 0.2) is 0 Å². The van der Waals surface area contributed by atoms with Gasteiger partial charge in [-0.25, -0.2) is 4.79 Å². The Morgan fingerprint density at radius 3 is 2.60 bits per heavy atom. The fourth-order valence-corrected chi connectivity index (χ4v) is 1.46. The first-order chi connectivity index (χ1) is 9.65. The molecule has 1 rings (SSSR count). The largest absolute Gasteiger partial charge is 0.395 e. The molecule has 0 atom stereocenters. The molecule has 0 bridgehead atoms. The van der Waals surface area contributed by atoms with Crippen molar-refractivity contribution in [1.82, 2.24) is 10.6 Å². The maximum Gasteiger partial charge on any atom is 0.312 e. The zero-order valence-electron chi connectivity index (χ0n) is 11.0. The number of carbonyl (C=O) groups is 2. The molecule has 0 heterocycles. The lowest BCUT2D eigenvalue weighted by molar-refractivity contribution is 0.0953. The van der Waals surface area contributed by atoms with Gasteiger partial charge in [0.05, 0.1) is 12.2 Å². The smallest absolute Gasteiger partial charge is 0.312 e. The van der Waals surface area contributed by atoms with E-state index in [1.54, 1.807) is 24.3 Å². The van der Waals surface area contributed by atoms with Crippen LogP contribution < -0.4 is 16.4 Å². The Hall–Kier alpha value is -2.52. The molecule has 0 aliphatic heterocycles. The van der Waals surface area contributed by atoms with E-state index in [1.165, 1.54) is 0 Å². The van der Waals surface area contributed by atoms with Gasteiger partial charge in [0.25, 0.3) is 5.91 Å². The molecule has 1 aromatic carbocycles. The first-order valence-corrected chi connectivity index (χ1v) is 6.15. The Kier molecular flexibility index (Phi) is 6.65. The molecule has 6 heteroatoms. The summed E-state index contributed by atoms with van der Waals surface area (Å²) in [6, 6.07) is 6.30. The summed E-state index contributed by atoms with van der Waals surface area (Å²) in [7, 11) is 0. The van der Waals surface area contributed by atoms with Gasteiger partial charge in [0.2, 0.25) is 0 Å². The van der Waals surface area contributed by atoms with Crippen molar-refractivity contribution in [3.8, 4) is 11.8 Å². The molecule has 0 saturated carbocycles. The number of hydrogen-bond acceptors (Lipinski definition) is 3. The van der Waals surface area contributed by atoms with E-state index in [1.807, 2.05) is 0 Å². The number of rotatable bonds is 5. The van der Waals surface area contributed by atoms with Gasteiger partial charge in [-0.15, -0.1) is 0 Å². The molecule has 5 N–H and O–H groups in total. The maximum atomic E-state index is 12.0. The average Bonchev–Trinajstić information content (AvgIpc) is 2.44. The van der Waals surface area contributed by atoms with Crippen LogP contribution >= 0.6 is 0 Å². The number of aliphatic hydroxyl groups excluding tert-OH is 1. The fourth-order valence-electron chi connectivity index (χ4n) is 1.46. The normalized spacial score (nSPS) is 9.25. The van der Waals surface area contributed by atoms with Crippen LogP contribution in [0.4, 0.5) is 4.79 Å². The maximum absolute atomic E-state index is 12.0. The highest BCUT2D eigenvalue weighted by Gasteiger charge is 2.08. The molecule has 3 amide bonds. The summed E-state index contributed by atoms with van der Waals surface area (Å²) in [5.74, 6) is 5.35. The van der Waals surface area contributed by atoms with Crippen LogP contribution in [-0.4, -0.2) is 36.7 Å². The number of amides is 3. The highest BCUT2D eigenvalue weighted by molar-refractivity contribution is 5.96. The van der Waals surface area contributed by atoms with E-state index >= 15 is 0 Å². The van der Waals surface area contributed by atoms with Gasteiger partial charge >= 0.3 is 6.03 Å². The Bertz CT molecular complexity index is 532. The predicted octanol–water partition coefficient (Wildman–Crippen LogP) is -0.181. The quantitative estimate of drug-likeness (QED) is 0.442. The minimum absolute atomic E-state index is 0.0137. The van der Waals surface area contributed by atoms with E-state index in [0.29, 0.717) is 17.5 Å². The Morgan fingerprint density at radius 2 is 1.90 bits per heavy atom. The van der Waals surface area contributed by atoms with E-state index in [0.717, 1.165) is 0 Å². The summed E-state index contributed by atoms with van der Waals surface area (Å²) in [5.41, 5.74) is 5.97. The van der Waals surface area contributed by atoms with Crippen LogP contribution in [0.5, 0.6) is 0 Å². The van der Waals surface area contributed by atoms with Crippen molar-refractivity contribution in [1.29, 1.82) is 0 Å². The second-order valence-electron chi connectivity index (χ2n) is 3.87. The van der Waals surface area contributed by atoms with E-state index in [2.05, 4.69) is 22.5 Å². The van der Waals surface area contributed by atoms with Gasteiger partial charge in [-0.2, -0.15) is 0 Å². The van der Waals surface area contributed by atoms with Crippen LogP contribution in [0.1, 0.15) is 22.3 Å². The van der Waals surface area contributed by atoms with E-state index in [9.17, 15) is 9.59 Å². The van der Waals surface area contributed by atoms with Crippen molar-refractivity contribution in [3.05, 3.63) is 35.4 Å². The van der Waals surface area contributed by atoms with Crippen molar-refractivity contribution in [3.63, 3.8) is 0 Å². The minimum Gasteiger partial charge on any atom is -0.395 e.